The van der Waals surface area contributed by atoms with Crippen molar-refractivity contribution in [2.45, 2.75) is 31.6 Å². The third-order valence-corrected chi connectivity index (χ3v) is 6.79. The van der Waals surface area contributed by atoms with Gasteiger partial charge in [0.2, 0.25) is 5.91 Å². The predicted molar refractivity (Wildman–Crippen MR) is 114 cm³/mol. The predicted octanol–water partition coefficient (Wildman–Crippen LogP) is 3.26. The highest BCUT2D eigenvalue weighted by Crippen LogP contribution is 2.47. The molecule has 2 aromatic rings. The van der Waals surface area contributed by atoms with Gasteiger partial charge >= 0.3 is 5.97 Å². The zero-order valence-corrected chi connectivity index (χ0v) is 18.0. The molecule has 0 saturated heterocycles. The second-order valence-electron chi connectivity index (χ2n) is 7.55. The lowest BCUT2D eigenvalue weighted by molar-refractivity contribution is -0.152. The third kappa shape index (κ3) is 3.83. The minimum absolute atomic E-state index is 0.0298. The standard InChI is InChI=1S/C23H23NO6S/c1-3-30-23(28)21-14(18-5-4-8-31-18)10-15-20(22(21)27)13(11-19(26)24-15)12-6-7-16(25)17(9-12)29-2/h4-9,13-14,21,25H,3,10-11H2,1-2H3,(H,24,26)/t13-,14-,21-/m0/s1. The third-order valence-electron chi connectivity index (χ3n) is 5.78. The molecule has 7 nitrogen and oxygen atoms in total. The summed E-state index contributed by atoms with van der Waals surface area (Å²) < 4.78 is 10.5. The maximum absolute atomic E-state index is 13.7. The number of hydrogen-bond acceptors (Lipinski definition) is 7. The summed E-state index contributed by atoms with van der Waals surface area (Å²) in [6.45, 7) is 1.89. The Morgan fingerprint density at radius 2 is 2.06 bits per heavy atom. The summed E-state index contributed by atoms with van der Waals surface area (Å²) in [5, 5.41) is 14.7. The molecule has 1 aliphatic carbocycles. The quantitative estimate of drug-likeness (QED) is 0.546. The first-order valence-electron chi connectivity index (χ1n) is 10.1. The molecule has 1 aromatic heterocycles. The van der Waals surface area contributed by atoms with E-state index in [0.717, 1.165) is 4.88 Å². The average Bonchev–Trinajstić information content (AvgIpc) is 3.28. The van der Waals surface area contributed by atoms with Crippen LogP contribution in [0.5, 0.6) is 11.5 Å². The Hall–Kier alpha value is -3.13. The van der Waals surface area contributed by atoms with E-state index in [0.29, 0.717) is 23.3 Å². The molecule has 0 radical (unpaired) electrons. The number of carbonyl (C=O) groups excluding carboxylic acids is 3. The Labute approximate surface area is 183 Å². The zero-order valence-electron chi connectivity index (χ0n) is 17.2. The summed E-state index contributed by atoms with van der Waals surface area (Å²) in [4.78, 5) is 40.0. The summed E-state index contributed by atoms with van der Waals surface area (Å²) in [6, 6.07) is 8.55. The van der Waals surface area contributed by atoms with Gasteiger partial charge in [0.05, 0.1) is 13.7 Å². The summed E-state index contributed by atoms with van der Waals surface area (Å²) in [5.74, 6) is -2.72. The number of hydrogen-bond donors (Lipinski definition) is 2. The van der Waals surface area contributed by atoms with Crippen molar-refractivity contribution in [2.24, 2.45) is 5.92 Å². The Balaban J connectivity index is 1.81. The molecule has 0 fully saturated rings. The van der Waals surface area contributed by atoms with Crippen LogP contribution in [0.1, 0.15) is 42.0 Å². The SMILES string of the molecule is CCOC(=O)[C@@H]1C(=O)C2=C(C[C@H]1c1cccs1)NC(=O)C[C@H]2c1ccc(O)c(OC)c1. The van der Waals surface area contributed by atoms with Crippen LogP contribution in [0.25, 0.3) is 0 Å². The van der Waals surface area contributed by atoms with Crippen LogP contribution in [0.2, 0.25) is 0 Å². The van der Waals surface area contributed by atoms with Gasteiger partial charge in [0.15, 0.2) is 17.3 Å². The number of Topliss-reactive ketones (excluding diaryl/α,β-unsaturated/α-hetero) is 1. The van der Waals surface area contributed by atoms with Gasteiger partial charge in [0.25, 0.3) is 0 Å². The van der Waals surface area contributed by atoms with E-state index in [4.69, 9.17) is 9.47 Å². The van der Waals surface area contributed by atoms with Crippen LogP contribution < -0.4 is 10.1 Å². The molecule has 2 N–H and O–H groups in total. The Bertz CT molecular complexity index is 1060. The van der Waals surface area contributed by atoms with Gasteiger partial charge in [-0.2, -0.15) is 0 Å². The topological polar surface area (TPSA) is 102 Å². The van der Waals surface area contributed by atoms with Crippen molar-refractivity contribution in [3.63, 3.8) is 0 Å². The van der Waals surface area contributed by atoms with Crippen molar-refractivity contribution >= 4 is 29.0 Å². The van der Waals surface area contributed by atoms with E-state index in [1.165, 1.54) is 24.5 Å². The van der Waals surface area contributed by atoms with E-state index in [1.807, 2.05) is 17.5 Å². The number of ketones is 1. The maximum Gasteiger partial charge on any atom is 0.317 e. The molecule has 1 aromatic carbocycles. The molecule has 2 heterocycles. The molecule has 8 heteroatoms. The van der Waals surface area contributed by atoms with Crippen LogP contribution in [0.15, 0.2) is 47.0 Å². The van der Waals surface area contributed by atoms with E-state index in [2.05, 4.69) is 5.32 Å². The number of thiophene rings is 1. The normalized spacial score (nSPS) is 23.2. The Kier molecular flexibility index (Phi) is 5.82. The first kappa shape index (κ1) is 21.1. The summed E-state index contributed by atoms with van der Waals surface area (Å²) in [5.41, 5.74) is 1.65. The summed E-state index contributed by atoms with van der Waals surface area (Å²) in [7, 11) is 1.44. The van der Waals surface area contributed by atoms with Gasteiger partial charge in [-0.3, -0.25) is 14.4 Å². The lowest BCUT2D eigenvalue weighted by Crippen LogP contribution is -2.44. The lowest BCUT2D eigenvalue weighted by Gasteiger charge is -2.37. The molecule has 4 rings (SSSR count). The first-order valence-corrected chi connectivity index (χ1v) is 11.0. The molecule has 2 aliphatic rings. The zero-order chi connectivity index (χ0) is 22.1. The number of nitrogens with one attached hydrogen (secondary N) is 1. The number of aromatic hydroxyl groups is 1. The van der Waals surface area contributed by atoms with Crippen LogP contribution in [0.3, 0.4) is 0 Å². The summed E-state index contributed by atoms with van der Waals surface area (Å²) in [6.07, 6.45) is 0.431. The van der Waals surface area contributed by atoms with E-state index in [9.17, 15) is 19.5 Å². The summed E-state index contributed by atoms with van der Waals surface area (Å²) >= 11 is 1.47. The number of phenolic OH excluding ortho intramolecular Hbond substituents is 1. The molecule has 0 spiro atoms. The van der Waals surface area contributed by atoms with Crippen LogP contribution in [0, 0.1) is 5.92 Å². The largest absolute Gasteiger partial charge is 0.504 e. The molecular formula is C23H23NO6S. The number of benzene rings is 1. The molecule has 0 unspecified atom stereocenters. The van der Waals surface area contributed by atoms with Gasteiger partial charge in [-0.1, -0.05) is 12.1 Å². The number of esters is 1. The monoisotopic (exact) mass is 441 g/mol. The van der Waals surface area contributed by atoms with Crippen molar-refractivity contribution in [2.75, 3.05) is 13.7 Å². The minimum atomic E-state index is -0.964. The highest BCUT2D eigenvalue weighted by Gasteiger charge is 2.48. The Morgan fingerprint density at radius 3 is 2.74 bits per heavy atom. The van der Waals surface area contributed by atoms with Crippen LogP contribution >= 0.6 is 11.3 Å². The smallest absolute Gasteiger partial charge is 0.317 e. The highest BCUT2D eigenvalue weighted by molar-refractivity contribution is 7.10. The van der Waals surface area contributed by atoms with E-state index in [-0.39, 0.29) is 36.2 Å². The molecule has 31 heavy (non-hydrogen) atoms. The number of phenols is 1. The van der Waals surface area contributed by atoms with Crippen molar-refractivity contribution in [1.29, 1.82) is 0 Å². The number of amides is 1. The van der Waals surface area contributed by atoms with Crippen LogP contribution in [0.4, 0.5) is 0 Å². The minimum Gasteiger partial charge on any atom is -0.504 e. The fourth-order valence-electron chi connectivity index (χ4n) is 4.42. The number of rotatable bonds is 5. The van der Waals surface area contributed by atoms with Gasteiger partial charge in [0, 0.05) is 34.4 Å². The van der Waals surface area contributed by atoms with Gasteiger partial charge in [-0.05, 0) is 42.5 Å². The first-order chi connectivity index (χ1) is 14.9. The lowest BCUT2D eigenvalue weighted by atomic mass is 9.69. The fraction of sp³-hybridized carbons (Fsp3) is 0.348. The molecular weight excluding hydrogens is 418 g/mol. The highest BCUT2D eigenvalue weighted by atomic mass is 32.1. The number of carbonyl (C=O) groups is 3. The number of methoxy groups -OCH3 is 1. The molecule has 162 valence electrons. The van der Waals surface area contributed by atoms with Gasteiger partial charge in [-0.15, -0.1) is 11.3 Å². The van der Waals surface area contributed by atoms with Crippen molar-refractivity contribution in [3.8, 4) is 11.5 Å². The van der Waals surface area contributed by atoms with E-state index >= 15 is 0 Å². The number of allylic oxidation sites excluding steroid dienone is 2. The van der Waals surface area contributed by atoms with Crippen LogP contribution in [-0.4, -0.2) is 36.5 Å². The Morgan fingerprint density at radius 1 is 1.26 bits per heavy atom. The van der Waals surface area contributed by atoms with Gasteiger partial charge in [-0.25, -0.2) is 0 Å². The number of ether oxygens (including phenoxy) is 2. The average molecular weight is 442 g/mol. The molecule has 3 atom stereocenters. The molecule has 1 aliphatic heterocycles. The van der Waals surface area contributed by atoms with Gasteiger partial charge in [0.1, 0.15) is 5.92 Å². The molecule has 0 saturated carbocycles. The van der Waals surface area contributed by atoms with Crippen LogP contribution in [-0.2, 0) is 19.1 Å². The van der Waals surface area contributed by atoms with Crippen molar-refractivity contribution in [1.82, 2.24) is 5.32 Å². The second kappa shape index (κ2) is 8.55. The van der Waals surface area contributed by atoms with Crippen molar-refractivity contribution in [3.05, 3.63) is 57.4 Å². The van der Waals surface area contributed by atoms with Gasteiger partial charge < -0.3 is 19.9 Å². The fourth-order valence-corrected chi connectivity index (χ4v) is 5.29. The maximum atomic E-state index is 13.7. The molecule has 0 bridgehead atoms. The molecule has 1 amide bonds. The van der Waals surface area contributed by atoms with E-state index in [1.54, 1.807) is 19.1 Å². The van der Waals surface area contributed by atoms with Crippen molar-refractivity contribution < 1.29 is 29.0 Å². The second-order valence-corrected chi connectivity index (χ2v) is 8.53. The van der Waals surface area contributed by atoms with E-state index < -0.39 is 23.7 Å².